The average Bonchev–Trinajstić information content (AvgIpc) is 3.23. The van der Waals surface area contributed by atoms with Gasteiger partial charge in [-0.15, -0.1) is 0 Å². The van der Waals surface area contributed by atoms with Crippen LogP contribution in [0.15, 0.2) is 4.52 Å². The van der Waals surface area contributed by atoms with E-state index in [9.17, 15) is 9.59 Å². The number of nitrogens with zero attached hydrogens (tertiary/aromatic N) is 2. The van der Waals surface area contributed by atoms with Gasteiger partial charge in [-0.3, -0.25) is 4.79 Å². The van der Waals surface area contributed by atoms with Crippen LogP contribution in [0.1, 0.15) is 41.6 Å². The van der Waals surface area contributed by atoms with E-state index in [-0.39, 0.29) is 11.5 Å². The molecular formula is C14H17N3O4. The number of esters is 1. The number of hydrogen-bond donors (Lipinski definition) is 1. The molecule has 1 amide bonds. The largest absolute Gasteiger partial charge is 0.452 e. The Morgan fingerprint density at radius 2 is 2.19 bits per heavy atom. The van der Waals surface area contributed by atoms with Crippen molar-refractivity contribution in [2.24, 2.45) is 5.92 Å². The maximum absolute atomic E-state index is 11.9. The molecule has 2 rings (SSSR count). The van der Waals surface area contributed by atoms with E-state index in [1.54, 1.807) is 20.8 Å². The second kappa shape index (κ2) is 5.56. The second-order valence-corrected chi connectivity index (χ2v) is 5.41. The Kier molecular flexibility index (Phi) is 3.98. The molecule has 1 aliphatic carbocycles. The van der Waals surface area contributed by atoms with Crippen molar-refractivity contribution >= 4 is 11.9 Å². The minimum Gasteiger partial charge on any atom is -0.452 e. The molecule has 0 radical (unpaired) electrons. The summed E-state index contributed by atoms with van der Waals surface area (Å²) in [5, 5.41) is 15.4. The normalized spacial score (nSPS) is 16.7. The van der Waals surface area contributed by atoms with Crippen LogP contribution in [0.25, 0.3) is 0 Å². The summed E-state index contributed by atoms with van der Waals surface area (Å²) in [6.07, 6.45) is 1.84. The van der Waals surface area contributed by atoms with Crippen molar-refractivity contribution in [2.45, 2.75) is 39.2 Å². The molecule has 1 atom stereocenters. The van der Waals surface area contributed by atoms with Gasteiger partial charge in [0.2, 0.25) is 0 Å². The lowest BCUT2D eigenvalue weighted by Gasteiger charge is -2.22. The van der Waals surface area contributed by atoms with Gasteiger partial charge < -0.3 is 14.6 Å². The van der Waals surface area contributed by atoms with Crippen LogP contribution in [0.5, 0.6) is 0 Å². The number of ether oxygens (including phenoxy) is 1. The molecule has 7 nitrogen and oxygen atoms in total. The van der Waals surface area contributed by atoms with Crippen LogP contribution < -0.4 is 5.32 Å². The monoisotopic (exact) mass is 291 g/mol. The Morgan fingerprint density at radius 3 is 2.67 bits per heavy atom. The van der Waals surface area contributed by atoms with Crippen LogP contribution in [0, 0.1) is 31.1 Å². The molecule has 0 spiro atoms. The summed E-state index contributed by atoms with van der Waals surface area (Å²) in [5.41, 5.74) is -0.252. The fraction of sp³-hybridized carbons (Fsp3) is 0.571. The van der Waals surface area contributed by atoms with Crippen LogP contribution >= 0.6 is 0 Å². The second-order valence-electron chi connectivity index (χ2n) is 5.41. The third-order valence-corrected chi connectivity index (χ3v) is 3.60. The number of carbonyl (C=O) groups is 2. The summed E-state index contributed by atoms with van der Waals surface area (Å²) in [7, 11) is 0. The fourth-order valence-corrected chi connectivity index (χ4v) is 2.19. The minimum atomic E-state index is -0.896. The number of carbonyl (C=O) groups excluding carboxylic acids is 2. The minimum absolute atomic E-state index is 0.171. The van der Waals surface area contributed by atoms with E-state index in [2.05, 4.69) is 16.5 Å². The van der Waals surface area contributed by atoms with E-state index in [0.29, 0.717) is 11.5 Å². The predicted molar refractivity (Wildman–Crippen MR) is 71.1 cm³/mol. The van der Waals surface area contributed by atoms with Gasteiger partial charge in [0.25, 0.3) is 5.91 Å². The molecule has 1 N–H and O–H groups in total. The zero-order valence-electron chi connectivity index (χ0n) is 12.2. The molecule has 0 saturated heterocycles. The van der Waals surface area contributed by atoms with E-state index < -0.39 is 24.0 Å². The topological polar surface area (TPSA) is 105 Å². The number of nitriles is 1. The van der Waals surface area contributed by atoms with Crippen LogP contribution in [-0.4, -0.2) is 29.2 Å². The Morgan fingerprint density at radius 1 is 1.52 bits per heavy atom. The van der Waals surface area contributed by atoms with Crippen molar-refractivity contribution in [1.82, 2.24) is 10.5 Å². The summed E-state index contributed by atoms with van der Waals surface area (Å²) >= 11 is 0. The quantitative estimate of drug-likeness (QED) is 0.819. The smallest absolute Gasteiger partial charge is 0.344 e. The highest BCUT2D eigenvalue weighted by atomic mass is 16.5. The maximum atomic E-state index is 11.9. The van der Waals surface area contributed by atoms with Crippen LogP contribution in [0.2, 0.25) is 0 Å². The fourth-order valence-electron chi connectivity index (χ4n) is 2.19. The number of rotatable bonds is 5. The average molecular weight is 291 g/mol. The molecule has 1 aliphatic rings. The van der Waals surface area contributed by atoms with Crippen molar-refractivity contribution in [3.63, 3.8) is 0 Å². The van der Waals surface area contributed by atoms with Gasteiger partial charge in [0, 0.05) is 0 Å². The van der Waals surface area contributed by atoms with Gasteiger partial charge >= 0.3 is 5.97 Å². The lowest BCUT2D eigenvalue weighted by molar-refractivity contribution is -0.125. The third-order valence-electron chi connectivity index (χ3n) is 3.60. The Hall–Kier alpha value is -2.36. The zero-order valence-corrected chi connectivity index (χ0v) is 12.2. The van der Waals surface area contributed by atoms with Crippen LogP contribution in [0.4, 0.5) is 0 Å². The Balaban J connectivity index is 1.90. The van der Waals surface area contributed by atoms with Gasteiger partial charge in [-0.25, -0.2) is 4.79 Å². The van der Waals surface area contributed by atoms with E-state index in [4.69, 9.17) is 14.5 Å². The highest BCUT2D eigenvalue weighted by molar-refractivity contribution is 5.93. The molecule has 1 aromatic heterocycles. The molecule has 1 saturated carbocycles. The molecule has 112 valence electrons. The number of amides is 1. The SMILES string of the molecule is Cc1noc(C)c1C(=O)OCC(=O)N[C@](C)(C#N)C1CC1. The summed E-state index contributed by atoms with van der Waals surface area (Å²) in [5.74, 6) is -0.639. The summed E-state index contributed by atoms with van der Waals surface area (Å²) in [4.78, 5) is 23.7. The van der Waals surface area contributed by atoms with Gasteiger partial charge in [-0.1, -0.05) is 5.16 Å². The highest BCUT2D eigenvalue weighted by Crippen LogP contribution is 2.39. The summed E-state index contributed by atoms with van der Waals surface area (Å²) in [6, 6.07) is 2.11. The van der Waals surface area contributed by atoms with E-state index in [1.807, 2.05) is 0 Å². The highest BCUT2D eigenvalue weighted by Gasteiger charge is 2.43. The summed E-state index contributed by atoms with van der Waals surface area (Å²) in [6.45, 7) is 4.45. The van der Waals surface area contributed by atoms with Crippen LogP contribution in [0.3, 0.4) is 0 Å². The molecule has 7 heteroatoms. The van der Waals surface area contributed by atoms with Crippen molar-refractivity contribution in [2.75, 3.05) is 6.61 Å². The lowest BCUT2D eigenvalue weighted by atomic mass is 9.98. The molecule has 1 heterocycles. The lowest BCUT2D eigenvalue weighted by Crippen LogP contribution is -2.48. The molecule has 21 heavy (non-hydrogen) atoms. The van der Waals surface area contributed by atoms with Crippen LogP contribution in [-0.2, 0) is 9.53 Å². The van der Waals surface area contributed by atoms with Gasteiger partial charge in [0.05, 0.1) is 11.8 Å². The molecule has 1 fully saturated rings. The first kappa shape index (κ1) is 15.0. The Labute approximate surface area is 122 Å². The van der Waals surface area contributed by atoms with E-state index >= 15 is 0 Å². The van der Waals surface area contributed by atoms with E-state index in [0.717, 1.165) is 12.8 Å². The molecule has 0 aliphatic heterocycles. The van der Waals surface area contributed by atoms with Gasteiger partial charge in [-0.05, 0) is 39.5 Å². The molecule has 1 aromatic rings. The third kappa shape index (κ3) is 3.21. The summed E-state index contributed by atoms with van der Waals surface area (Å²) < 4.78 is 9.81. The first-order chi connectivity index (χ1) is 9.87. The van der Waals surface area contributed by atoms with E-state index in [1.165, 1.54) is 0 Å². The van der Waals surface area contributed by atoms with Crippen molar-refractivity contribution in [3.05, 3.63) is 17.0 Å². The standard InChI is InChI=1S/C14H17N3O4/c1-8-12(9(2)21-17-8)13(19)20-6-11(18)16-14(3,7-15)10-4-5-10/h10H,4-6H2,1-3H3,(H,16,18)/t14-/m1/s1. The van der Waals surface area contributed by atoms with Crippen molar-refractivity contribution < 1.29 is 18.8 Å². The van der Waals surface area contributed by atoms with Gasteiger partial charge in [0.1, 0.15) is 16.9 Å². The zero-order chi connectivity index (χ0) is 15.6. The molecule has 0 bridgehead atoms. The molecule has 0 unspecified atom stereocenters. The molecular weight excluding hydrogens is 274 g/mol. The Bertz CT molecular complexity index is 593. The first-order valence-corrected chi connectivity index (χ1v) is 6.69. The van der Waals surface area contributed by atoms with Crippen molar-refractivity contribution in [1.29, 1.82) is 5.26 Å². The molecule has 0 aromatic carbocycles. The number of hydrogen-bond acceptors (Lipinski definition) is 6. The first-order valence-electron chi connectivity index (χ1n) is 6.69. The van der Waals surface area contributed by atoms with Crippen molar-refractivity contribution in [3.8, 4) is 6.07 Å². The number of aromatic nitrogens is 1. The van der Waals surface area contributed by atoms with Gasteiger partial charge in [-0.2, -0.15) is 5.26 Å². The number of nitrogens with one attached hydrogen (secondary N) is 1. The number of aryl methyl sites for hydroxylation is 2. The predicted octanol–water partition coefficient (Wildman–Crippen LogP) is 1.26. The maximum Gasteiger partial charge on any atom is 0.344 e. The van der Waals surface area contributed by atoms with Gasteiger partial charge in [0.15, 0.2) is 6.61 Å².